The number of hydrogen-bond donors (Lipinski definition) is 0. The van der Waals surface area contributed by atoms with Crippen LogP contribution in [0.3, 0.4) is 0 Å². The molecule has 0 amide bonds. The minimum Gasteiger partial charge on any atom is -0.171 e. The number of rotatable bonds is 1. The normalized spacial score (nSPS) is 9.10. The van der Waals surface area contributed by atoms with Crippen LogP contribution in [0.15, 0.2) is 18.2 Å². The topological polar surface area (TPSA) is 0 Å². The molecule has 0 aromatic heterocycles. The van der Waals surface area contributed by atoms with Crippen molar-refractivity contribution >= 4 is 24.1 Å². The second-order valence-corrected chi connectivity index (χ2v) is 4.18. The van der Waals surface area contributed by atoms with Gasteiger partial charge in [0.15, 0.2) is 0 Å². The summed E-state index contributed by atoms with van der Waals surface area (Å²) in [4.78, 5) is 0. The van der Waals surface area contributed by atoms with Crippen molar-refractivity contribution in [3.63, 3.8) is 0 Å². The Bertz CT molecular complexity index is 228. The fraction of sp³-hybridized carbons (Fsp3) is 0.333. The standard InChI is InChI=1S/C8H9.CH3.Mg/c1-7-5-3-4-6-8(7)2;;/h3-5H,1-2H3;1H3;. The molecular formula is C9H12Mg. The molecule has 1 aromatic carbocycles. The SMILES string of the molecule is [CH3][Mg][c]1cccc(C)c1C. The average molecular weight is 144 g/mol. The maximum absolute atomic E-state index is 2.34. The summed E-state index contributed by atoms with van der Waals surface area (Å²) < 4.78 is 1.61. The van der Waals surface area contributed by atoms with Gasteiger partial charge in [0.2, 0.25) is 0 Å². The minimum absolute atomic E-state index is 0.0409. The molecule has 0 bridgehead atoms. The zero-order valence-electron chi connectivity index (χ0n) is 6.94. The molecule has 0 aliphatic rings. The zero-order valence-corrected chi connectivity index (χ0v) is 8.35. The Morgan fingerprint density at radius 2 is 1.90 bits per heavy atom. The van der Waals surface area contributed by atoms with Gasteiger partial charge in [-0.1, -0.05) is 29.3 Å². The molecule has 0 saturated carbocycles. The van der Waals surface area contributed by atoms with Crippen LogP contribution >= 0.6 is 0 Å². The van der Waals surface area contributed by atoms with E-state index in [0.717, 1.165) is 0 Å². The first-order valence-corrected chi connectivity index (χ1v) is 5.93. The van der Waals surface area contributed by atoms with E-state index in [-0.39, 0.29) is 20.4 Å². The molecule has 0 atom stereocenters. The van der Waals surface area contributed by atoms with E-state index in [1.54, 1.807) is 3.69 Å². The van der Waals surface area contributed by atoms with E-state index >= 15 is 0 Å². The average Bonchev–Trinajstić information content (AvgIpc) is 1.95. The van der Waals surface area contributed by atoms with Crippen LogP contribution in [0.4, 0.5) is 0 Å². The van der Waals surface area contributed by atoms with Crippen LogP contribution in [0.25, 0.3) is 0 Å². The van der Waals surface area contributed by atoms with Gasteiger partial charge in [0.25, 0.3) is 0 Å². The summed E-state index contributed by atoms with van der Waals surface area (Å²) in [6, 6.07) is 6.60. The van der Waals surface area contributed by atoms with Crippen molar-refractivity contribution in [1.82, 2.24) is 0 Å². The van der Waals surface area contributed by atoms with Crippen molar-refractivity contribution in [3.05, 3.63) is 29.3 Å². The van der Waals surface area contributed by atoms with Gasteiger partial charge in [-0.05, 0) is 13.8 Å². The Balaban J connectivity index is 3.14. The summed E-state index contributed by atoms with van der Waals surface area (Å²) in [5, 5.41) is 2.34. The molecule has 1 heteroatoms. The number of benzene rings is 1. The highest BCUT2D eigenvalue weighted by atomic mass is 24.5. The van der Waals surface area contributed by atoms with Gasteiger partial charge in [-0.15, -0.1) is 5.05 Å². The Morgan fingerprint density at radius 1 is 1.20 bits per heavy atom. The number of aryl methyl sites for hydroxylation is 1. The zero-order chi connectivity index (χ0) is 7.56. The second kappa shape index (κ2) is 3.40. The third kappa shape index (κ3) is 1.53. The Morgan fingerprint density at radius 3 is 2.40 bits per heavy atom. The second-order valence-electron chi connectivity index (χ2n) is 2.71. The smallest absolute Gasteiger partial charge is 0.171 e. The van der Waals surface area contributed by atoms with E-state index in [9.17, 15) is 0 Å². The van der Waals surface area contributed by atoms with Crippen LogP contribution in [-0.4, -0.2) is 20.4 Å². The Kier molecular flexibility index (Phi) is 2.75. The highest BCUT2D eigenvalue weighted by Crippen LogP contribution is 2.01. The summed E-state index contributed by atoms with van der Waals surface area (Å²) in [7, 11) is 0. The van der Waals surface area contributed by atoms with Crippen LogP contribution < -0.4 is 3.69 Å². The largest absolute Gasteiger partial charge is 0.405 e. The maximum atomic E-state index is 2.34. The first-order valence-electron chi connectivity index (χ1n) is 3.80. The lowest BCUT2D eigenvalue weighted by atomic mass is 10.1. The summed E-state index contributed by atoms with van der Waals surface area (Å²) in [5.41, 5.74) is 2.95. The fourth-order valence-corrected chi connectivity index (χ4v) is 2.38. The molecule has 0 saturated heterocycles. The van der Waals surface area contributed by atoms with Gasteiger partial charge in [0, 0.05) is 0 Å². The quantitative estimate of drug-likeness (QED) is 0.526. The van der Waals surface area contributed by atoms with Crippen molar-refractivity contribution in [2.45, 2.75) is 18.9 Å². The van der Waals surface area contributed by atoms with Crippen LogP contribution in [-0.2, 0) is 0 Å². The first kappa shape index (κ1) is 8.09. The highest BCUT2D eigenvalue weighted by Gasteiger charge is 1.97. The van der Waals surface area contributed by atoms with Gasteiger partial charge in [-0.2, -0.15) is 3.69 Å². The molecule has 0 aliphatic carbocycles. The lowest BCUT2D eigenvalue weighted by Gasteiger charge is -2.04. The van der Waals surface area contributed by atoms with Gasteiger partial charge < -0.3 is 0 Å². The van der Waals surface area contributed by atoms with E-state index in [0.29, 0.717) is 0 Å². The van der Waals surface area contributed by atoms with Crippen molar-refractivity contribution < 1.29 is 0 Å². The molecule has 0 spiro atoms. The summed E-state index contributed by atoms with van der Waals surface area (Å²) in [5.74, 6) is 0. The van der Waals surface area contributed by atoms with E-state index in [4.69, 9.17) is 0 Å². The predicted molar refractivity (Wildman–Crippen MR) is 47.2 cm³/mol. The molecule has 0 radical (unpaired) electrons. The Hall–Kier alpha value is -0.0138. The lowest BCUT2D eigenvalue weighted by Crippen LogP contribution is -2.14. The van der Waals surface area contributed by atoms with Crippen LogP contribution in [0, 0.1) is 13.8 Å². The van der Waals surface area contributed by atoms with Gasteiger partial charge in [0.1, 0.15) is 0 Å². The minimum atomic E-state index is 0.0409. The van der Waals surface area contributed by atoms with Crippen LogP contribution in [0.2, 0.25) is 5.05 Å². The molecule has 0 nitrogen and oxygen atoms in total. The van der Waals surface area contributed by atoms with Gasteiger partial charge >= 0.3 is 20.4 Å². The van der Waals surface area contributed by atoms with Crippen LogP contribution in [0.1, 0.15) is 11.1 Å². The molecule has 0 aliphatic heterocycles. The summed E-state index contributed by atoms with van der Waals surface area (Å²) in [6.07, 6.45) is 0. The summed E-state index contributed by atoms with van der Waals surface area (Å²) in [6.45, 7) is 4.41. The molecule has 0 heterocycles. The van der Waals surface area contributed by atoms with Crippen LogP contribution in [0.5, 0.6) is 0 Å². The monoisotopic (exact) mass is 144 g/mol. The van der Waals surface area contributed by atoms with E-state index in [1.165, 1.54) is 11.1 Å². The Labute approximate surface area is 72.4 Å². The van der Waals surface area contributed by atoms with Gasteiger partial charge in [-0.3, -0.25) is 0 Å². The fourth-order valence-electron chi connectivity index (χ4n) is 1.19. The van der Waals surface area contributed by atoms with E-state index in [1.807, 2.05) is 0 Å². The third-order valence-electron chi connectivity index (χ3n) is 2.10. The molecule has 50 valence electrons. The van der Waals surface area contributed by atoms with E-state index in [2.05, 4.69) is 37.1 Å². The van der Waals surface area contributed by atoms with Crippen molar-refractivity contribution in [2.24, 2.45) is 0 Å². The lowest BCUT2D eigenvalue weighted by molar-refractivity contribution is 1.37. The van der Waals surface area contributed by atoms with Crippen molar-refractivity contribution in [3.8, 4) is 0 Å². The molecule has 1 aromatic rings. The highest BCUT2D eigenvalue weighted by molar-refractivity contribution is 6.52. The number of hydrogen-bond acceptors (Lipinski definition) is 0. The predicted octanol–water partition coefficient (Wildman–Crippen LogP) is 1.68. The molecular weight excluding hydrogens is 132 g/mol. The molecule has 0 fully saturated rings. The maximum Gasteiger partial charge on any atom is 0.405 e. The molecule has 1 rings (SSSR count). The molecule has 0 unspecified atom stereocenters. The molecule has 10 heavy (non-hydrogen) atoms. The van der Waals surface area contributed by atoms with E-state index < -0.39 is 0 Å². The van der Waals surface area contributed by atoms with Crippen molar-refractivity contribution in [1.29, 1.82) is 0 Å². The first-order chi connectivity index (χ1) is 4.75. The van der Waals surface area contributed by atoms with Gasteiger partial charge in [0.05, 0.1) is 0 Å². The van der Waals surface area contributed by atoms with Gasteiger partial charge in [-0.25, -0.2) is 0 Å². The molecule has 0 N–H and O–H groups in total. The summed E-state index contributed by atoms with van der Waals surface area (Å²) >= 11 is 0.0409. The third-order valence-corrected chi connectivity index (χ3v) is 3.63. The van der Waals surface area contributed by atoms with Crippen molar-refractivity contribution in [2.75, 3.05) is 0 Å².